The van der Waals surface area contributed by atoms with Gasteiger partial charge in [0.15, 0.2) is 0 Å². The Labute approximate surface area is 85.8 Å². The molecule has 2 aromatic rings. The van der Waals surface area contributed by atoms with E-state index in [4.69, 9.17) is 0 Å². The van der Waals surface area contributed by atoms with Crippen LogP contribution >= 0.6 is 0 Å². The third-order valence-corrected chi connectivity index (χ3v) is 2.81. The molecule has 4 nitrogen and oxygen atoms in total. The number of para-hydroxylation sites is 1. The van der Waals surface area contributed by atoms with Crippen LogP contribution in [0.15, 0.2) is 29.1 Å². The Balaban J connectivity index is 2.47. The van der Waals surface area contributed by atoms with E-state index in [2.05, 4.69) is 4.98 Å². The van der Waals surface area contributed by atoms with Gasteiger partial charge in [0.05, 0.1) is 10.9 Å². The molecule has 3 rings (SSSR count). The summed E-state index contributed by atoms with van der Waals surface area (Å²) in [6, 6.07) is 7.22. The standard InChI is InChI=1S/C11H10N2O2/c14-10-6-5-9-12-8-4-2-1-3-7(8)11(15)13(9)10/h1-4,10,14H,5-6H2. The first-order valence-corrected chi connectivity index (χ1v) is 4.95. The molecule has 0 saturated carbocycles. The summed E-state index contributed by atoms with van der Waals surface area (Å²) in [6.07, 6.45) is 0.546. The Morgan fingerprint density at radius 3 is 3.07 bits per heavy atom. The van der Waals surface area contributed by atoms with Crippen LogP contribution in [0.4, 0.5) is 0 Å². The van der Waals surface area contributed by atoms with Crippen molar-refractivity contribution >= 4 is 10.9 Å². The summed E-state index contributed by atoms with van der Waals surface area (Å²) in [5.41, 5.74) is 0.573. The van der Waals surface area contributed by atoms with E-state index >= 15 is 0 Å². The number of rotatable bonds is 0. The molecule has 2 heterocycles. The Bertz CT molecular complexity index is 589. The molecule has 0 spiro atoms. The number of aliphatic hydroxyl groups excluding tert-OH is 1. The fraction of sp³-hybridized carbons (Fsp3) is 0.273. The van der Waals surface area contributed by atoms with Crippen molar-refractivity contribution in [1.82, 2.24) is 9.55 Å². The van der Waals surface area contributed by atoms with Crippen molar-refractivity contribution < 1.29 is 5.11 Å². The minimum atomic E-state index is -0.704. The van der Waals surface area contributed by atoms with Gasteiger partial charge in [0.1, 0.15) is 12.1 Å². The van der Waals surface area contributed by atoms with Gasteiger partial charge in [-0.1, -0.05) is 12.1 Å². The van der Waals surface area contributed by atoms with Crippen LogP contribution < -0.4 is 5.56 Å². The Hall–Kier alpha value is -1.68. The average molecular weight is 202 g/mol. The monoisotopic (exact) mass is 202 g/mol. The Kier molecular flexibility index (Phi) is 1.67. The number of hydrogen-bond donors (Lipinski definition) is 1. The highest BCUT2D eigenvalue weighted by Gasteiger charge is 2.23. The predicted molar refractivity (Wildman–Crippen MR) is 55.6 cm³/mol. The van der Waals surface area contributed by atoms with E-state index in [0.717, 1.165) is 0 Å². The lowest BCUT2D eigenvalue weighted by Crippen LogP contribution is -2.24. The van der Waals surface area contributed by atoms with E-state index in [1.165, 1.54) is 4.57 Å². The normalized spacial score (nSPS) is 19.4. The van der Waals surface area contributed by atoms with Crippen molar-refractivity contribution in [3.63, 3.8) is 0 Å². The van der Waals surface area contributed by atoms with Gasteiger partial charge < -0.3 is 5.11 Å². The third kappa shape index (κ3) is 1.11. The molecule has 1 aliphatic heterocycles. The van der Waals surface area contributed by atoms with Gasteiger partial charge in [0.2, 0.25) is 0 Å². The lowest BCUT2D eigenvalue weighted by molar-refractivity contribution is 0.110. The molecule has 76 valence electrons. The van der Waals surface area contributed by atoms with Crippen LogP contribution in [-0.4, -0.2) is 14.7 Å². The zero-order valence-electron chi connectivity index (χ0n) is 8.05. The first-order valence-electron chi connectivity index (χ1n) is 4.95. The van der Waals surface area contributed by atoms with E-state index < -0.39 is 6.23 Å². The summed E-state index contributed by atoms with van der Waals surface area (Å²) in [6.45, 7) is 0. The number of aliphatic hydroxyl groups is 1. The van der Waals surface area contributed by atoms with E-state index in [9.17, 15) is 9.90 Å². The maximum Gasteiger partial charge on any atom is 0.263 e. The number of aryl methyl sites for hydroxylation is 1. The highest BCUT2D eigenvalue weighted by Crippen LogP contribution is 2.21. The molecule has 1 aliphatic rings. The number of nitrogens with zero attached hydrogens (tertiary/aromatic N) is 2. The zero-order valence-corrected chi connectivity index (χ0v) is 8.05. The minimum absolute atomic E-state index is 0.138. The molecule has 1 N–H and O–H groups in total. The maximum atomic E-state index is 12.0. The van der Waals surface area contributed by atoms with Gasteiger partial charge >= 0.3 is 0 Å². The molecule has 0 bridgehead atoms. The molecule has 1 atom stereocenters. The van der Waals surface area contributed by atoms with Gasteiger partial charge in [-0.15, -0.1) is 0 Å². The average Bonchev–Trinajstić information content (AvgIpc) is 2.61. The largest absolute Gasteiger partial charge is 0.373 e. The summed E-state index contributed by atoms with van der Waals surface area (Å²) in [7, 11) is 0. The molecule has 0 amide bonds. The van der Waals surface area contributed by atoms with Crippen LogP contribution in [0, 0.1) is 0 Å². The third-order valence-electron chi connectivity index (χ3n) is 2.81. The fourth-order valence-electron chi connectivity index (χ4n) is 2.06. The van der Waals surface area contributed by atoms with E-state index in [-0.39, 0.29) is 5.56 Å². The first kappa shape index (κ1) is 8.61. The topological polar surface area (TPSA) is 55.1 Å². The second kappa shape index (κ2) is 2.90. The van der Waals surface area contributed by atoms with Gasteiger partial charge in [-0.2, -0.15) is 0 Å². The quantitative estimate of drug-likeness (QED) is 0.688. The molecule has 1 aromatic heterocycles. The summed E-state index contributed by atoms with van der Waals surface area (Å²) < 4.78 is 1.39. The number of hydrogen-bond acceptors (Lipinski definition) is 3. The van der Waals surface area contributed by atoms with Crippen LogP contribution in [0.25, 0.3) is 10.9 Å². The highest BCUT2D eigenvalue weighted by molar-refractivity contribution is 5.77. The summed E-state index contributed by atoms with van der Waals surface area (Å²) in [4.78, 5) is 16.4. The van der Waals surface area contributed by atoms with Gasteiger partial charge in [-0.25, -0.2) is 4.98 Å². The summed E-state index contributed by atoms with van der Waals surface area (Å²) in [5, 5.41) is 10.2. The molecular formula is C11H10N2O2. The summed E-state index contributed by atoms with van der Waals surface area (Å²) >= 11 is 0. The van der Waals surface area contributed by atoms with Crippen LogP contribution in [0.5, 0.6) is 0 Å². The van der Waals surface area contributed by atoms with Gasteiger partial charge in [0.25, 0.3) is 5.56 Å². The highest BCUT2D eigenvalue weighted by atomic mass is 16.3. The first-order chi connectivity index (χ1) is 7.27. The second-order valence-corrected chi connectivity index (χ2v) is 3.74. The van der Waals surface area contributed by atoms with E-state index in [0.29, 0.717) is 29.6 Å². The molecule has 0 aliphatic carbocycles. The minimum Gasteiger partial charge on any atom is -0.373 e. The van der Waals surface area contributed by atoms with Crippen LogP contribution in [-0.2, 0) is 6.42 Å². The van der Waals surface area contributed by atoms with Crippen molar-refractivity contribution in [3.05, 3.63) is 40.4 Å². The van der Waals surface area contributed by atoms with Crippen molar-refractivity contribution in [1.29, 1.82) is 0 Å². The molecule has 15 heavy (non-hydrogen) atoms. The summed E-state index contributed by atoms with van der Waals surface area (Å²) in [5.74, 6) is 0.686. The van der Waals surface area contributed by atoms with Crippen molar-refractivity contribution in [3.8, 4) is 0 Å². The SMILES string of the molecule is O=c1c2ccccc2nc2n1C(O)CC2. The molecular weight excluding hydrogens is 192 g/mol. The number of benzene rings is 1. The molecule has 0 radical (unpaired) electrons. The van der Waals surface area contributed by atoms with Crippen molar-refractivity contribution in [2.75, 3.05) is 0 Å². The predicted octanol–water partition coefficient (Wildman–Crippen LogP) is 0.834. The van der Waals surface area contributed by atoms with Gasteiger partial charge in [-0.05, 0) is 18.6 Å². The van der Waals surface area contributed by atoms with Crippen LogP contribution in [0.2, 0.25) is 0 Å². The van der Waals surface area contributed by atoms with Gasteiger partial charge in [-0.3, -0.25) is 9.36 Å². The zero-order chi connectivity index (χ0) is 10.4. The molecule has 4 heteroatoms. The van der Waals surface area contributed by atoms with Crippen molar-refractivity contribution in [2.45, 2.75) is 19.1 Å². The number of fused-ring (bicyclic) bond motifs is 2. The van der Waals surface area contributed by atoms with Crippen LogP contribution in [0.1, 0.15) is 18.5 Å². The molecule has 0 fully saturated rings. The maximum absolute atomic E-state index is 12.0. The van der Waals surface area contributed by atoms with Crippen molar-refractivity contribution in [2.24, 2.45) is 0 Å². The lowest BCUT2D eigenvalue weighted by atomic mass is 10.2. The second-order valence-electron chi connectivity index (χ2n) is 3.74. The fourth-order valence-corrected chi connectivity index (χ4v) is 2.06. The Morgan fingerprint density at radius 1 is 1.40 bits per heavy atom. The molecule has 0 saturated heterocycles. The van der Waals surface area contributed by atoms with Crippen LogP contribution in [0.3, 0.4) is 0 Å². The molecule has 1 aromatic carbocycles. The van der Waals surface area contributed by atoms with E-state index in [1.54, 1.807) is 12.1 Å². The molecule has 1 unspecified atom stereocenters. The lowest BCUT2D eigenvalue weighted by Gasteiger charge is -2.08. The number of aromatic nitrogens is 2. The Morgan fingerprint density at radius 2 is 2.20 bits per heavy atom. The smallest absolute Gasteiger partial charge is 0.263 e. The van der Waals surface area contributed by atoms with Gasteiger partial charge in [0, 0.05) is 6.42 Å². The van der Waals surface area contributed by atoms with E-state index in [1.807, 2.05) is 12.1 Å².